The van der Waals surface area contributed by atoms with Gasteiger partial charge in [0.1, 0.15) is 6.73 Å². The van der Waals surface area contributed by atoms with Crippen molar-refractivity contribution in [1.82, 2.24) is 9.55 Å². The quantitative estimate of drug-likeness (QED) is 0.738. The van der Waals surface area contributed by atoms with Gasteiger partial charge in [0, 0.05) is 6.61 Å². The molecule has 0 atom stereocenters. The van der Waals surface area contributed by atoms with Crippen molar-refractivity contribution in [3.05, 3.63) is 15.0 Å². The van der Waals surface area contributed by atoms with Crippen LogP contribution in [0.1, 0.15) is 26.2 Å². The normalized spacial score (nSPS) is 10.9. The Morgan fingerprint density at radius 1 is 1.40 bits per heavy atom. The maximum Gasteiger partial charge on any atom is 0.181 e. The summed E-state index contributed by atoms with van der Waals surface area (Å²) in [5.74, 6) is 0. The second-order valence-electron chi connectivity index (χ2n) is 3.13. The van der Waals surface area contributed by atoms with Gasteiger partial charge in [-0.2, -0.15) is 0 Å². The minimum absolute atomic E-state index is 0.292. The summed E-state index contributed by atoms with van der Waals surface area (Å²) in [6.07, 6.45) is 3.43. The van der Waals surface area contributed by atoms with Crippen molar-refractivity contribution in [1.29, 1.82) is 0 Å². The Morgan fingerprint density at radius 3 is 2.67 bits per heavy atom. The van der Waals surface area contributed by atoms with Gasteiger partial charge in [-0.25, -0.2) is 4.98 Å². The average Bonchev–Trinajstić information content (AvgIpc) is 2.44. The van der Waals surface area contributed by atoms with Crippen LogP contribution in [0.3, 0.4) is 0 Å². The second kappa shape index (κ2) is 6.74. The maximum absolute atomic E-state index is 5.91. The first-order chi connectivity index (χ1) is 7.16. The second-order valence-corrected chi connectivity index (χ2v) is 4.56. The van der Waals surface area contributed by atoms with Gasteiger partial charge in [0.25, 0.3) is 0 Å². The van der Waals surface area contributed by atoms with Gasteiger partial charge in [-0.1, -0.05) is 43.0 Å². The Morgan fingerprint density at radius 2 is 2.13 bits per heavy atom. The number of hydrogen-bond donors (Lipinski definition) is 0. The zero-order valence-electron chi connectivity index (χ0n) is 8.47. The third kappa shape index (κ3) is 3.94. The lowest BCUT2D eigenvalue weighted by Crippen LogP contribution is -2.04. The number of aromatic nitrogens is 2. The van der Waals surface area contributed by atoms with Crippen molar-refractivity contribution in [3.63, 3.8) is 0 Å². The number of nitrogens with zero attached hydrogens (tertiary/aromatic N) is 2. The van der Waals surface area contributed by atoms with Gasteiger partial charge >= 0.3 is 0 Å². The third-order valence-corrected chi connectivity index (χ3v) is 3.28. The van der Waals surface area contributed by atoms with Crippen LogP contribution in [-0.4, -0.2) is 16.2 Å². The molecule has 0 aliphatic carbocycles. The molecule has 1 aromatic rings. The Balaban J connectivity index is 2.37. The molecule has 0 aliphatic rings. The molecule has 0 amide bonds. The van der Waals surface area contributed by atoms with Crippen molar-refractivity contribution in [2.75, 3.05) is 6.61 Å². The smallest absolute Gasteiger partial charge is 0.181 e. The highest BCUT2D eigenvalue weighted by Gasteiger charge is 2.11. The Kier molecular flexibility index (Phi) is 5.97. The van der Waals surface area contributed by atoms with Crippen molar-refractivity contribution in [3.8, 4) is 0 Å². The first kappa shape index (κ1) is 13.3. The topological polar surface area (TPSA) is 27.1 Å². The Bertz CT molecular complexity index is 317. The molecular weight excluding hydrogens is 303 g/mol. The molecule has 0 aromatic carbocycles. The van der Waals surface area contributed by atoms with E-state index in [9.17, 15) is 0 Å². The fourth-order valence-electron chi connectivity index (χ4n) is 1.10. The number of unbranched alkanes of at least 4 members (excludes halogenated alkanes) is 2. The largest absolute Gasteiger partial charge is 0.361 e. The highest BCUT2D eigenvalue weighted by atomic mass is 79.9. The summed E-state index contributed by atoms with van der Waals surface area (Å²) in [6.45, 7) is 3.26. The third-order valence-electron chi connectivity index (χ3n) is 1.93. The highest BCUT2D eigenvalue weighted by Crippen LogP contribution is 2.25. The lowest BCUT2D eigenvalue weighted by molar-refractivity contribution is 0.0728. The van der Waals surface area contributed by atoms with Crippen molar-refractivity contribution >= 4 is 39.1 Å². The first-order valence-corrected chi connectivity index (χ1v) is 6.36. The summed E-state index contributed by atoms with van der Waals surface area (Å²) in [5, 5.41) is 0.694. The predicted molar refractivity (Wildman–Crippen MR) is 65.4 cm³/mol. The molecule has 1 heterocycles. The van der Waals surface area contributed by atoms with Gasteiger partial charge in [0.05, 0.1) is 0 Å². The standard InChI is InChI=1S/C9H13BrCl2N2O/c1-2-3-4-5-15-6-14-8(12)7(11)13-9(14)10/h2-6H2,1H3. The fraction of sp³-hybridized carbons (Fsp3) is 0.667. The predicted octanol–water partition coefficient (Wildman–Crippen LogP) is 4.12. The fourth-order valence-corrected chi connectivity index (χ4v) is 2.11. The molecular formula is C9H13BrCl2N2O. The van der Waals surface area contributed by atoms with E-state index in [0.717, 1.165) is 13.0 Å². The first-order valence-electron chi connectivity index (χ1n) is 4.81. The van der Waals surface area contributed by atoms with Crippen LogP contribution in [0.15, 0.2) is 4.73 Å². The molecule has 6 heteroatoms. The molecule has 0 radical (unpaired) electrons. The summed E-state index contributed by atoms with van der Waals surface area (Å²) in [6, 6.07) is 0. The van der Waals surface area contributed by atoms with Crippen LogP contribution in [0.5, 0.6) is 0 Å². The lowest BCUT2D eigenvalue weighted by atomic mass is 10.3. The van der Waals surface area contributed by atoms with E-state index in [1.807, 2.05) is 0 Å². The van der Waals surface area contributed by atoms with E-state index in [1.165, 1.54) is 12.8 Å². The van der Waals surface area contributed by atoms with E-state index in [-0.39, 0.29) is 0 Å². The number of ether oxygens (including phenoxy) is 1. The lowest BCUT2D eigenvalue weighted by Gasteiger charge is -2.06. The molecule has 0 N–H and O–H groups in total. The van der Waals surface area contributed by atoms with Crippen LogP contribution in [0, 0.1) is 0 Å². The van der Waals surface area contributed by atoms with Gasteiger partial charge in [-0.15, -0.1) is 0 Å². The molecule has 0 fully saturated rings. The van der Waals surface area contributed by atoms with E-state index in [0.29, 0.717) is 21.8 Å². The number of imidazole rings is 1. The van der Waals surface area contributed by atoms with E-state index in [2.05, 4.69) is 27.8 Å². The molecule has 0 saturated carbocycles. The molecule has 86 valence electrons. The monoisotopic (exact) mass is 314 g/mol. The van der Waals surface area contributed by atoms with Crippen LogP contribution >= 0.6 is 39.1 Å². The molecule has 0 spiro atoms. The van der Waals surface area contributed by atoms with Crippen molar-refractivity contribution in [2.24, 2.45) is 0 Å². The zero-order valence-corrected chi connectivity index (χ0v) is 11.6. The molecule has 0 aliphatic heterocycles. The average molecular weight is 316 g/mol. The molecule has 0 bridgehead atoms. The summed E-state index contributed by atoms with van der Waals surface area (Å²) in [5.41, 5.74) is 0. The molecule has 1 rings (SSSR count). The molecule has 3 nitrogen and oxygen atoms in total. The van der Waals surface area contributed by atoms with Gasteiger partial charge in [-0.05, 0) is 22.4 Å². The Labute approximate surface area is 108 Å². The van der Waals surface area contributed by atoms with Gasteiger partial charge in [0.2, 0.25) is 0 Å². The minimum Gasteiger partial charge on any atom is -0.361 e. The van der Waals surface area contributed by atoms with Crippen molar-refractivity contribution < 1.29 is 4.74 Å². The molecule has 15 heavy (non-hydrogen) atoms. The summed E-state index contributed by atoms with van der Waals surface area (Å²) >= 11 is 14.9. The van der Waals surface area contributed by atoms with Gasteiger partial charge in [0.15, 0.2) is 15.0 Å². The molecule has 1 aromatic heterocycles. The number of halogens is 3. The summed E-state index contributed by atoms with van der Waals surface area (Å²) in [4.78, 5) is 3.96. The molecule has 0 saturated heterocycles. The van der Waals surface area contributed by atoms with Crippen LogP contribution in [0.4, 0.5) is 0 Å². The van der Waals surface area contributed by atoms with Crippen LogP contribution < -0.4 is 0 Å². The zero-order chi connectivity index (χ0) is 11.3. The van der Waals surface area contributed by atoms with Crippen LogP contribution in [0.2, 0.25) is 10.3 Å². The van der Waals surface area contributed by atoms with Crippen molar-refractivity contribution in [2.45, 2.75) is 32.9 Å². The van der Waals surface area contributed by atoms with E-state index in [4.69, 9.17) is 27.9 Å². The van der Waals surface area contributed by atoms with Gasteiger partial charge in [-0.3, -0.25) is 4.57 Å². The molecule has 0 unspecified atom stereocenters. The number of rotatable bonds is 6. The highest BCUT2D eigenvalue weighted by molar-refractivity contribution is 9.10. The van der Waals surface area contributed by atoms with E-state index in [1.54, 1.807) is 4.57 Å². The summed E-state index contributed by atoms with van der Waals surface area (Å²) < 4.78 is 7.71. The summed E-state index contributed by atoms with van der Waals surface area (Å²) in [7, 11) is 0. The Hall–Kier alpha value is 0.230. The minimum atomic E-state index is 0.292. The van der Waals surface area contributed by atoms with Crippen LogP contribution in [0.25, 0.3) is 0 Å². The van der Waals surface area contributed by atoms with E-state index >= 15 is 0 Å². The maximum atomic E-state index is 5.91. The van der Waals surface area contributed by atoms with Gasteiger partial charge < -0.3 is 4.74 Å². The SMILES string of the molecule is CCCCCOCn1c(Br)nc(Cl)c1Cl. The number of hydrogen-bond acceptors (Lipinski definition) is 2. The van der Waals surface area contributed by atoms with Crippen LogP contribution in [-0.2, 0) is 11.5 Å². The van der Waals surface area contributed by atoms with E-state index < -0.39 is 0 Å².